The van der Waals surface area contributed by atoms with Crippen molar-refractivity contribution < 1.29 is 26.6 Å². The maximum Gasteiger partial charge on any atom is 0.350 e. The molecule has 0 aliphatic heterocycles. The summed E-state index contributed by atoms with van der Waals surface area (Å²) in [5.74, 6) is 0. The molecule has 0 aromatic carbocycles. The highest BCUT2D eigenvalue weighted by atomic mass is 32.2. The standard InChI is InChI=1S/C6H15O6PS/c1-4-11-13(7,12-5-2)6(3)14(8,9)10/h6H,4-5H2,1-3H3,(H,8,9,10). The van der Waals surface area contributed by atoms with E-state index in [2.05, 4.69) is 0 Å². The Labute approximate surface area is 83.9 Å². The van der Waals surface area contributed by atoms with E-state index in [1.165, 1.54) is 0 Å². The third kappa shape index (κ3) is 3.67. The molecule has 1 N–H and O–H groups in total. The van der Waals surface area contributed by atoms with Crippen LogP contribution in [0.15, 0.2) is 0 Å². The molecule has 0 rings (SSSR count). The maximum absolute atomic E-state index is 11.8. The molecule has 86 valence electrons. The molecule has 1 atom stereocenters. The van der Waals surface area contributed by atoms with E-state index in [0.29, 0.717) is 0 Å². The van der Waals surface area contributed by atoms with Crippen LogP contribution >= 0.6 is 7.60 Å². The molecular formula is C6H15O6PS. The zero-order valence-electron chi connectivity index (χ0n) is 8.34. The molecule has 0 aromatic heterocycles. The van der Waals surface area contributed by atoms with Crippen molar-refractivity contribution in [3.63, 3.8) is 0 Å². The second-order valence-electron chi connectivity index (χ2n) is 2.49. The van der Waals surface area contributed by atoms with Gasteiger partial charge in [0, 0.05) is 0 Å². The fourth-order valence-electron chi connectivity index (χ4n) is 0.770. The molecule has 14 heavy (non-hydrogen) atoms. The second-order valence-corrected chi connectivity index (χ2v) is 6.95. The average molecular weight is 246 g/mol. The van der Waals surface area contributed by atoms with Gasteiger partial charge in [0.1, 0.15) is 0 Å². The first kappa shape index (κ1) is 14.1. The van der Waals surface area contributed by atoms with Crippen LogP contribution in [0.3, 0.4) is 0 Å². The molecule has 0 fully saturated rings. The van der Waals surface area contributed by atoms with Gasteiger partial charge in [-0.05, 0) is 20.8 Å². The van der Waals surface area contributed by atoms with Crippen LogP contribution in [0, 0.1) is 0 Å². The molecule has 0 aliphatic rings. The maximum atomic E-state index is 11.8. The van der Waals surface area contributed by atoms with Crippen LogP contribution in [0.4, 0.5) is 0 Å². The van der Waals surface area contributed by atoms with Gasteiger partial charge in [-0.1, -0.05) is 0 Å². The molecular weight excluding hydrogens is 231 g/mol. The molecule has 0 amide bonds. The van der Waals surface area contributed by atoms with Crippen molar-refractivity contribution in [1.82, 2.24) is 0 Å². The Bertz CT molecular complexity index is 300. The Kier molecular flexibility index (Phi) is 5.25. The Morgan fingerprint density at radius 1 is 1.29 bits per heavy atom. The molecule has 1 unspecified atom stereocenters. The summed E-state index contributed by atoms with van der Waals surface area (Å²) >= 11 is 0. The molecule has 0 heterocycles. The quantitative estimate of drug-likeness (QED) is 0.564. The highest BCUT2D eigenvalue weighted by Gasteiger charge is 2.40. The largest absolute Gasteiger partial charge is 0.350 e. The van der Waals surface area contributed by atoms with E-state index in [1.54, 1.807) is 13.8 Å². The summed E-state index contributed by atoms with van der Waals surface area (Å²) in [7, 11) is -8.19. The first-order valence-corrected chi connectivity index (χ1v) is 7.24. The summed E-state index contributed by atoms with van der Waals surface area (Å²) in [5.41, 5.74) is 0. The monoisotopic (exact) mass is 246 g/mol. The van der Waals surface area contributed by atoms with Gasteiger partial charge in [0.2, 0.25) is 0 Å². The summed E-state index contributed by atoms with van der Waals surface area (Å²) in [4.78, 5) is -1.56. The first-order chi connectivity index (χ1) is 6.28. The Morgan fingerprint density at radius 3 is 1.86 bits per heavy atom. The lowest BCUT2D eigenvalue weighted by molar-refractivity contribution is 0.218. The minimum absolute atomic E-state index is 0.0527. The Morgan fingerprint density at radius 2 is 1.64 bits per heavy atom. The summed E-state index contributed by atoms with van der Waals surface area (Å²) < 4.78 is 51.5. The van der Waals surface area contributed by atoms with Gasteiger partial charge in [-0.3, -0.25) is 9.12 Å². The van der Waals surface area contributed by atoms with Gasteiger partial charge in [-0.15, -0.1) is 0 Å². The van der Waals surface area contributed by atoms with Crippen molar-refractivity contribution in [3.8, 4) is 0 Å². The summed E-state index contributed by atoms with van der Waals surface area (Å²) in [6.45, 7) is 4.31. The zero-order valence-corrected chi connectivity index (χ0v) is 10.0. The minimum atomic E-state index is -4.42. The fraction of sp³-hybridized carbons (Fsp3) is 1.00. The lowest BCUT2D eigenvalue weighted by Gasteiger charge is -2.20. The van der Waals surface area contributed by atoms with Crippen LogP contribution in [0.5, 0.6) is 0 Å². The van der Waals surface area contributed by atoms with Crippen molar-refractivity contribution in [2.75, 3.05) is 13.2 Å². The molecule has 0 saturated heterocycles. The molecule has 6 nitrogen and oxygen atoms in total. The van der Waals surface area contributed by atoms with Gasteiger partial charge in [0.25, 0.3) is 10.1 Å². The van der Waals surface area contributed by atoms with Crippen molar-refractivity contribution in [2.45, 2.75) is 25.8 Å². The number of hydrogen-bond acceptors (Lipinski definition) is 5. The van der Waals surface area contributed by atoms with Crippen LogP contribution in [0.25, 0.3) is 0 Å². The van der Waals surface area contributed by atoms with Gasteiger partial charge in [-0.25, -0.2) is 0 Å². The molecule has 0 aromatic rings. The van der Waals surface area contributed by atoms with Gasteiger partial charge in [-0.2, -0.15) is 8.42 Å². The highest BCUT2D eigenvalue weighted by Crippen LogP contribution is 2.54. The molecule has 0 radical (unpaired) electrons. The summed E-state index contributed by atoms with van der Waals surface area (Å²) in [6.07, 6.45) is 0. The zero-order chi connectivity index (χ0) is 11.4. The van der Waals surface area contributed by atoms with Gasteiger partial charge < -0.3 is 9.05 Å². The summed E-state index contributed by atoms with van der Waals surface area (Å²) in [5, 5.41) is 0. The van der Waals surface area contributed by atoms with Crippen LogP contribution in [0.1, 0.15) is 20.8 Å². The van der Waals surface area contributed by atoms with Crippen molar-refractivity contribution >= 4 is 17.7 Å². The normalized spacial score (nSPS) is 15.4. The first-order valence-electron chi connectivity index (χ1n) is 4.13. The van der Waals surface area contributed by atoms with E-state index in [4.69, 9.17) is 13.6 Å². The highest BCUT2D eigenvalue weighted by molar-refractivity contribution is 7.94. The van der Waals surface area contributed by atoms with Crippen molar-refractivity contribution in [3.05, 3.63) is 0 Å². The van der Waals surface area contributed by atoms with Crippen LogP contribution in [-0.4, -0.2) is 31.2 Å². The third-order valence-electron chi connectivity index (χ3n) is 1.49. The van der Waals surface area contributed by atoms with E-state index in [9.17, 15) is 13.0 Å². The van der Waals surface area contributed by atoms with Crippen molar-refractivity contribution in [2.24, 2.45) is 0 Å². The third-order valence-corrected chi connectivity index (χ3v) is 6.06. The van der Waals surface area contributed by atoms with E-state index < -0.39 is 22.7 Å². The molecule has 0 aliphatic carbocycles. The smallest absolute Gasteiger partial charge is 0.308 e. The predicted octanol–water partition coefficient (Wildman–Crippen LogP) is 1.49. The van der Waals surface area contributed by atoms with E-state index in [0.717, 1.165) is 6.92 Å². The van der Waals surface area contributed by atoms with E-state index in [1.807, 2.05) is 0 Å². The molecule has 0 saturated carbocycles. The molecule has 0 spiro atoms. The topological polar surface area (TPSA) is 89.9 Å². The van der Waals surface area contributed by atoms with E-state index >= 15 is 0 Å². The van der Waals surface area contributed by atoms with Crippen LogP contribution in [0.2, 0.25) is 0 Å². The lowest BCUT2D eigenvalue weighted by Crippen LogP contribution is -2.19. The van der Waals surface area contributed by atoms with Crippen molar-refractivity contribution in [1.29, 1.82) is 0 Å². The minimum Gasteiger partial charge on any atom is -0.308 e. The average Bonchev–Trinajstić information content (AvgIpc) is 2.02. The molecule has 8 heteroatoms. The SMILES string of the molecule is CCOP(=O)(OCC)C(C)S(=O)(=O)O. The van der Waals surface area contributed by atoms with Gasteiger partial charge in [0.15, 0.2) is 4.99 Å². The lowest BCUT2D eigenvalue weighted by atomic mass is 10.9. The number of hydrogen-bond donors (Lipinski definition) is 1. The van der Waals surface area contributed by atoms with Crippen LogP contribution in [-0.2, 0) is 23.7 Å². The number of rotatable bonds is 6. The fourth-order valence-corrected chi connectivity index (χ4v) is 3.65. The Balaban J connectivity index is 4.92. The van der Waals surface area contributed by atoms with Gasteiger partial charge in [0.05, 0.1) is 13.2 Å². The Hall–Kier alpha value is 0.0600. The van der Waals surface area contributed by atoms with Gasteiger partial charge >= 0.3 is 7.60 Å². The molecule has 0 bridgehead atoms. The summed E-state index contributed by atoms with van der Waals surface area (Å²) in [6, 6.07) is 0. The van der Waals surface area contributed by atoms with Crippen LogP contribution < -0.4 is 0 Å². The predicted molar refractivity (Wildman–Crippen MR) is 51.9 cm³/mol. The van der Waals surface area contributed by atoms with E-state index in [-0.39, 0.29) is 13.2 Å². The second kappa shape index (κ2) is 5.23.